The van der Waals surface area contributed by atoms with Crippen LogP contribution in [0.5, 0.6) is 0 Å². The van der Waals surface area contributed by atoms with E-state index in [0.29, 0.717) is 5.91 Å². The van der Waals surface area contributed by atoms with Crippen LogP contribution < -0.4 is 0 Å². The number of hydrogen-bond donors (Lipinski definition) is 1. The molecule has 126 valence electrons. The number of nitrogens with one attached hydrogen (secondary N) is 1. The molecule has 2 fully saturated rings. The van der Waals surface area contributed by atoms with Gasteiger partial charge in [-0.3, -0.25) is 9.89 Å². The number of rotatable bonds is 4. The van der Waals surface area contributed by atoms with Gasteiger partial charge in [0.1, 0.15) is 5.82 Å². The molecule has 4 rings (SSSR count). The fourth-order valence-electron chi connectivity index (χ4n) is 3.83. The smallest absolute Gasteiger partial charge is 0.233 e. The van der Waals surface area contributed by atoms with Crippen LogP contribution in [0.2, 0.25) is 0 Å². The Kier molecular flexibility index (Phi) is 3.87. The second kappa shape index (κ2) is 6.04. The average Bonchev–Trinajstić information content (AvgIpc) is 3.32. The first-order valence-electron chi connectivity index (χ1n) is 8.99. The van der Waals surface area contributed by atoms with Gasteiger partial charge in [-0.15, -0.1) is 0 Å². The molecule has 1 aliphatic carbocycles. The van der Waals surface area contributed by atoms with Crippen molar-refractivity contribution in [3.63, 3.8) is 0 Å². The van der Waals surface area contributed by atoms with Crippen LogP contribution in [0, 0.1) is 0 Å². The highest BCUT2D eigenvalue weighted by Crippen LogP contribution is 2.50. The van der Waals surface area contributed by atoms with Crippen LogP contribution in [-0.2, 0) is 16.6 Å². The molecule has 5 heteroatoms. The number of piperidine rings is 1. The SMILES string of the molecule is CCc1nc([C@@H]2CCCN(C(=O)C3(c4ccccc4)CC3)C2)n[nH]1. The third-order valence-electron chi connectivity index (χ3n) is 5.44. The summed E-state index contributed by atoms with van der Waals surface area (Å²) < 4.78 is 0. The maximum atomic E-state index is 13.2. The lowest BCUT2D eigenvalue weighted by Gasteiger charge is -2.34. The van der Waals surface area contributed by atoms with E-state index in [0.717, 1.165) is 56.8 Å². The molecule has 0 bridgehead atoms. The Balaban J connectivity index is 1.51. The highest BCUT2D eigenvalue weighted by atomic mass is 16.2. The van der Waals surface area contributed by atoms with E-state index in [1.165, 1.54) is 5.56 Å². The van der Waals surface area contributed by atoms with E-state index < -0.39 is 0 Å². The van der Waals surface area contributed by atoms with Crippen LogP contribution in [-0.4, -0.2) is 39.1 Å². The summed E-state index contributed by atoms with van der Waals surface area (Å²) in [5, 5.41) is 7.37. The van der Waals surface area contributed by atoms with E-state index >= 15 is 0 Å². The molecule has 1 N–H and O–H groups in total. The van der Waals surface area contributed by atoms with Crippen LogP contribution in [0.15, 0.2) is 30.3 Å². The largest absolute Gasteiger partial charge is 0.341 e. The number of H-pyrrole nitrogens is 1. The van der Waals surface area contributed by atoms with Gasteiger partial charge >= 0.3 is 0 Å². The number of nitrogens with zero attached hydrogens (tertiary/aromatic N) is 3. The predicted octanol–water partition coefficient (Wildman–Crippen LogP) is 2.80. The zero-order chi connectivity index (χ0) is 16.6. The standard InChI is InChI=1S/C19H24N4O/c1-2-16-20-17(22-21-16)14-7-6-12-23(13-14)18(24)19(10-11-19)15-8-4-3-5-9-15/h3-5,8-9,14H,2,6-7,10-13H2,1H3,(H,20,21,22)/t14-/m1/s1. The van der Waals surface area contributed by atoms with Gasteiger partial charge in [-0.2, -0.15) is 5.10 Å². The quantitative estimate of drug-likeness (QED) is 0.940. The van der Waals surface area contributed by atoms with Gasteiger partial charge in [0.05, 0.1) is 5.41 Å². The summed E-state index contributed by atoms with van der Waals surface area (Å²) in [4.78, 5) is 19.8. The molecule has 0 radical (unpaired) electrons. The summed E-state index contributed by atoms with van der Waals surface area (Å²) in [7, 11) is 0. The monoisotopic (exact) mass is 324 g/mol. The Morgan fingerprint density at radius 2 is 2.12 bits per heavy atom. The van der Waals surface area contributed by atoms with Gasteiger partial charge in [0.15, 0.2) is 5.82 Å². The van der Waals surface area contributed by atoms with Gasteiger partial charge in [0.2, 0.25) is 5.91 Å². The predicted molar refractivity (Wildman–Crippen MR) is 91.7 cm³/mol. The normalized spacial score (nSPS) is 22.4. The average molecular weight is 324 g/mol. The summed E-state index contributed by atoms with van der Waals surface area (Å²) in [6, 6.07) is 10.3. The Morgan fingerprint density at radius 3 is 2.79 bits per heavy atom. The lowest BCUT2D eigenvalue weighted by atomic mass is 9.91. The van der Waals surface area contributed by atoms with Crippen molar-refractivity contribution in [1.82, 2.24) is 20.1 Å². The molecule has 1 amide bonds. The molecule has 0 spiro atoms. The highest BCUT2D eigenvalue weighted by molar-refractivity contribution is 5.91. The number of amides is 1. The lowest BCUT2D eigenvalue weighted by Crippen LogP contribution is -2.44. The first-order valence-corrected chi connectivity index (χ1v) is 8.99. The molecule has 1 saturated carbocycles. The molecule has 2 heterocycles. The molecule has 1 atom stereocenters. The van der Waals surface area contributed by atoms with Crippen LogP contribution in [0.4, 0.5) is 0 Å². The Labute approximate surface area is 142 Å². The van der Waals surface area contributed by atoms with Crippen LogP contribution in [0.1, 0.15) is 55.7 Å². The molecule has 1 saturated heterocycles. The fraction of sp³-hybridized carbons (Fsp3) is 0.526. The van der Waals surface area contributed by atoms with Gasteiger partial charge < -0.3 is 4.90 Å². The first-order chi connectivity index (χ1) is 11.7. The molecule has 1 aromatic carbocycles. The van der Waals surface area contributed by atoms with Crippen molar-refractivity contribution < 1.29 is 4.79 Å². The van der Waals surface area contributed by atoms with E-state index in [2.05, 4.69) is 39.1 Å². The Hall–Kier alpha value is -2.17. The highest BCUT2D eigenvalue weighted by Gasteiger charge is 2.53. The minimum absolute atomic E-state index is 0.255. The number of carbonyl (C=O) groups excluding carboxylic acids is 1. The van der Waals surface area contributed by atoms with E-state index in [9.17, 15) is 4.79 Å². The van der Waals surface area contributed by atoms with Crippen molar-refractivity contribution in [1.29, 1.82) is 0 Å². The summed E-state index contributed by atoms with van der Waals surface area (Å²) in [6.45, 7) is 3.67. The molecular formula is C19H24N4O. The Bertz CT molecular complexity index is 720. The summed E-state index contributed by atoms with van der Waals surface area (Å²) in [6.07, 6.45) is 4.88. The zero-order valence-electron chi connectivity index (χ0n) is 14.2. The summed E-state index contributed by atoms with van der Waals surface area (Å²) >= 11 is 0. The van der Waals surface area contributed by atoms with E-state index in [1.54, 1.807) is 0 Å². The fourth-order valence-corrected chi connectivity index (χ4v) is 3.83. The topological polar surface area (TPSA) is 61.9 Å². The lowest BCUT2D eigenvalue weighted by molar-refractivity contribution is -0.135. The molecule has 1 aromatic heterocycles. The number of likely N-dealkylation sites (tertiary alicyclic amines) is 1. The van der Waals surface area contributed by atoms with Crippen molar-refractivity contribution in [2.24, 2.45) is 0 Å². The molecule has 0 unspecified atom stereocenters. The molecular weight excluding hydrogens is 300 g/mol. The second-order valence-corrected chi connectivity index (χ2v) is 7.03. The van der Waals surface area contributed by atoms with Gasteiger partial charge in [-0.05, 0) is 31.2 Å². The van der Waals surface area contributed by atoms with Crippen molar-refractivity contribution >= 4 is 5.91 Å². The van der Waals surface area contributed by atoms with Gasteiger partial charge in [0.25, 0.3) is 0 Å². The van der Waals surface area contributed by atoms with Gasteiger partial charge in [0, 0.05) is 25.4 Å². The van der Waals surface area contributed by atoms with Crippen molar-refractivity contribution in [2.45, 2.75) is 50.4 Å². The summed E-state index contributed by atoms with van der Waals surface area (Å²) in [5.74, 6) is 2.35. The van der Waals surface area contributed by atoms with E-state index in [4.69, 9.17) is 0 Å². The second-order valence-electron chi connectivity index (χ2n) is 7.03. The number of hydrogen-bond acceptors (Lipinski definition) is 3. The third kappa shape index (κ3) is 2.62. The van der Waals surface area contributed by atoms with Crippen molar-refractivity contribution in [3.8, 4) is 0 Å². The molecule has 1 aliphatic heterocycles. The van der Waals surface area contributed by atoms with Crippen LogP contribution >= 0.6 is 0 Å². The van der Waals surface area contributed by atoms with E-state index in [-0.39, 0.29) is 11.3 Å². The third-order valence-corrected chi connectivity index (χ3v) is 5.44. The molecule has 2 aliphatic rings. The zero-order valence-corrected chi connectivity index (χ0v) is 14.2. The van der Waals surface area contributed by atoms with Crippen LogP contribution in [0.3, 0.4) is 0 Å². The minimum atomic E-state index is -0.267. The number of aromatic nitrogens is 3. The number of aromatic amines is 1. The van der Waals surface area contributed by atoms with Gasteiger partial charge in [-0.1, -0.05) is 37.3 Å². The minimum Gasteiger partial charge on any atom is -0.341 e. The van der Waals surface area contributed by atoms with Gasteiger partial charge in [-0.25, -0.2) is 4.98 Å². The molecule has 5 nitrogen and oxygen atoms in total. The maximum Gasteiger partial charge on any atom is 0.233 e. The number of aryl methyl sites for hydroxylation is 1. The number of benzene rings is 1. The summed E-state index contributed by atoms with van der Waals surface area (Å²) in [5.41, 5.74) is 0.903. The van der Waals surface area contributed by atoms with Crippen molar-refractivity contribution in [2.75, 3.05) is 13.1 Å². The molecule has 24 heavy (non-hydrogen) atoms. The van der Waals surface area contributed by atoms with Crippen LogP contribution in [0.25, 0.3) is 0 Å². The maximum absolute atomic E-state index is 13.2. The van der Waals surface area contributed by atoms with Crippen molar-refractivity contribution in [3.05, 3.63) is 47.5 Å². The Morgan fingerprint density at radius 1 is 1.33 bits per heavy atom. The molecule has 2 aromatic rings. The number of carbonyl (C=O) groups is 1. The van der Waals surface area contributed by atoms with E-state index in [1.807, 2.05) is 18.2 Å². The first kappa shape index (κ1) is 15.4.